The zero-order chi connectivity index (χ0) is 26.8. The van der Waals surface area contributed by atoms with Crippen LogP contribution in [0, 0.1) is 19.7 Å². The van der Waals surface area contributed by atoms with E-state index in [1.165, 1.54) is 36.7 Å². The van der Waals surface area contributed by atoms with Crippen molar-refractivity contribution in [1.82, 2.24) is 14.9 Å². The van der Waals surface area contributed by atoms with E-state index in [-0.39, 0.29) is 18.0 Å². The fourth-order valence-corrected chi connectivity index (χ4v) is 4.34. The molecule has 38 heavy (non-hydrogen) atoms. The van der Waals surface area contributed by atoms with Crippen LogP contribution in [0.1, 0.15) is 22.5 Å². The van der Waals surface area contributed by atoms with Crippen LogP contribution in [-0.2, 0) is 16.2 Å². The lowest BCUT2D eigenvalue weighted by Gasteiger charge is -2.26. The van der Waals surface area contributed by atoms with E-state index in [2.05, 4.69) is 10.3 Å². The van der Waals surface area contributed by atoms with Gasteiger partial charge >= 0.3 is 6.03 Å². The fourth-order valence-electron chi connectivity index (χ4n) is 4.34. The molecule has 5 rings (SSSR count). The predicted octanol–water partition coefficient (Wildman–Crippen LogP) is 4.87. The largest absolute Gasteiger partial charge is 0.489 e. The molecule has 0 aliphatic carbocycles. The molecule has 8 nitrogen and oxygen atoms in total. The van der Waals surface area contributed by atoms with E-state index in [1.807, 2.05) is 36.6 Å². The molecular formula is C29H23FN4O4. The Morgan fingerprint density at radius 3 is 2.37 bits per heavy atom. The lowest BCUT2D eigenvalue weighted by Crippen LogP contribution is -2.54. The number of benzene rings is 2. The van der Waals surface area contributed by atoms with Gasteiger partial charge in [-0.15, -0.1) is 0 Å². The van der Waals surface area contributed by atoms with Crippen LogP contribution in [0.4, 0.5) is 14.9 Å². The third-order valence-corrected chi connectivity index (χ3v) is 6.24. The van der Waals surface area contributed by atoms with E-state index in [4.69, 9.17) is 4.74 Å². The van der Waals surface area contributed by atoms with Gasteiger partial charge in [0.2, 0.25) is 0 Å². The third kappa shape index (κ3) is 4.69. The molecule has 3 heterocycles. The normalized spacial score (nSPS) is 14.7. The molecule has 4 aromatic rings. The molecule has 4 amide bonds. The van der Waals surface area contributed by atoms with Crippen LogP contribution in [0.15, 0.2) is 84.7 Å². The number of nitrogens with zero attached hydrogens (tertiary/aromatic N) is 3. The molecule has 190 valence electrons. The van der Waals surface area contributed by atoms with E-state index < -0.39 is 17.8 Å². The first kappa shape index (κ1) is 24.6. The number of imide groups is 2. The summed E-state index contributed by atoms with van der Waals surface area (Å²) in [6, 6.07) is 17.9. The molecule has 0 bridgehead atoms. The number of amides is 4. The smallest absolute Gasteiger partial charge is 0.335 e. The van der Waals surface area contributed by atoms with Crippen molar-refractivity contribution in [3.05, 3.63) is 113 Å². The van der Waals surface area contributed by atoms with E-state index in [0.29, 0.717) is 22.6 Å². The first-order chi connectivity index (χ1) is 18.3. The quantitative estimate of drug-likeness (QED) is 0.295. The van der Waals surface area contributed by atoms with Crippen LogP contribution in [-0.4, -0.2) is 27.4 Å². The van der Waals surface area contributed by atoms with Gasteiger partial charge < -0.3 is 9.30 Å². The second kappa shape index (κ2) is 10.1. The zero-order valence-corrected chi connectivity index (χ0v) is 20.6. The number of carbonyl (C=O) groups excluding carboxylic acids is 3. The maximum absolute atomic E-state index is 13.9. The minimum absolute atomic E-state index is 0.112. The van der Waals surface area contributed by atoms with Crippen molar-refractivity contribution in [3.8, 4) is 11.4 Å². The summed E-state index contributed by atoms with van der Waals surface area (Å²) in [6.45, 7) is 3.90. The molecule has 1 aliphatic rings. The number of hydrogen-bond donors (Lipinski definition) is 1. The van der Waals surface area contributed by atoms with Gasteiger partial charge in [-0.25, -0.2) is 14.1 Å². The number of halogens is 1. The van der Waals surface area contributed by atoms with Gasteiger partial charge in [0.15, 0.2) is 0 Å². The molecule has 1 fully saturated rings. The summed E-state index contributed by atoms with van der Waals surface area (Å²) in [5, 5.41) is 2.23. The van der Waals surface area contributed by atoms with Crippen LogP contribution in [0.2, 0.25) is 0 Å². The van der Waals surface area contributed by atoms with Crippen molar-refractivity contribution < 1.29 is 23.5 Å². The van der Waals surface area contributed by atoms with Gasteiger partial charge in [0.1, 0.15) is 23.7 Å². The maximum Gasteiger partial charge on any atom is 0.335 e. The molecular weight excluding hydrogens is 487 g/mol. The first-order valence-electron chi connectivity index (χ1n) is 11.8. The molecule has 0 unspecified atom stereocenters. The molecule has 1 N–H and O–H groups in total. The molecule has 1 saturated heterocycles. The number of hydrogen-bond acceptors (Lipinski definition) is 5. The lowest BCUT2D eigenvalue weighted by molar-refractivity contribution is -0.122. The summed E-state index contributed by atoms with van der Waals surface area (Å²) in [4.78, 5) is 42.9. The highest BCUT2D eigenvalue weighted by Gasteiger charge is 2.37. The van der Waals surface area contributed by atoms with Crippen molar-refractivity contribution in [2.45, 2.75) is 20.5 Å². The Bertz CT molecular complexity index is 1580. The summed E-state index contributed by atoms with van der Waals surface area (Å²) in [7, 11) is 0. The van der Waals surface area contributed by atoms with Gasteiger partial charge in [-0.2, -0.15) is 0 Å². The van der Waals surface area contributed by atoms with Crippen molar-refractivity contribution >= 4 is 29.6 Å². The standard InChI is InChI=1S/C29H23FN4O4/c1-18-15-21(16-25-27(35)32-29(37)34(28(25)36)23-11-13-31-14-12-23)19(2)33(18)22-7-9-24(10-8-22)38-17-20-5-3-4-6-26(20)30/h3-16H,17H2,1-2H3,(H,32,35,37)/b25-16+. The third-order valence-electron chi connectivity index (χ3n) is 6.24. The number of barbiturate groups is 1. The Labute approximate surface area is 218 Å². The summed E-state index contributed by atoms with van der Waals surface area (Å²) >= 11 is 0. The van der Waals surface area contributed by atoms with Crippen molar-refractivity contribution in [2.75, 3.05) is 4.90 Å². The molecule has 9 heteroatoms. The number of aromatic nitrogens is 2. The second-order valence-electron chi connectivity index (χ2n) is 8.70. The fraction of sp³-hybridized carbons (Fsp3) is 0.103. The number of carbonyl (C=O) groups is 3. The maximum atomic E-state index is 13.9. The SMILES string of the molecule is Cc1cc(/C=C2\C(=O)NC(=O)N(c3ccncc3)C2=O)c(C)n1-c1ccc(OCc2ccccc2F)cc1. The summed E-state index contributed by atoms with van der Waals surface area (Å²) in [6.07, 6.45) is 4.40. The molecule has 0 radical (unpaired) electrons. The van der Waals surface area contributed by atoms with E-state index in [1.54, 1.807) is 30.3 Å². The average molecular weight is 511 g/mol. The van der Waals surface area contributed by atoms with Crippen LogP contribution >= 0.6 is 0 Å². The lowest BCUT2D eigenvalue weighted by atomic mass is 10.1. The Hall–Kier alpha value is -5.05. The van der Waals surface area contributed by atoms with E-state index >= 15 is 0 Å². The minimum Gasteiger partial charge on any atom is -0.489 e. The summed E-state index contributed by atoms with van der Waals surface area (Å²) < 4.78 is 21.6. The number of urea groups is 1. The van der Waals surface area contributed by atoms with Crippen LogP contribution in [0.3, 0.4) is 0 Å². The van der Waals surface area contributed by atoms with Gasteiger partial charge in [0, 0.05) is 35.0 Å². The summed E-state index contributed by atoms with van der Waals surface area (Å²) in [5.41, 5.74) is 3.79. The number of anilines is 1. The van der Waals surface area contributed by atoms with Gasteiger partial charge in [-0.05, 0) is 74.0 Å². The highest BCUT2D eigenvalue weighted by molar-refractivity contribution is 6.39. The second-order valence-corrected chi connectivity index (χ2v) is 8.70. The van der Waals surface area contributed by atoms with Gasteiger partial charge in [0.05, 0.1) is 5.69 Å². The predicted molar refractivity (Wildman–Crippen MR) is 139 cm³/mol. The highest BCUT2D eigenvalue weighted by atomic mass is 19.1. The first-order valence-corrected chi connectivity index (χ1v) is 11.8. The Morgan fingerprint density at radius 1 is 0.947 bits per heavy atom. The van der Waals surface area contributed by atoms with E-state index in [0.717, 1.165) is 22.0 Å². The molecule has 2 aromatic heterocycles. The highest BCUT2D eigenvalue weighted by Crippen LogP contribution is 2.27. The van der Waals surface area contributed by atoms with E-state index in [9.17, 15) is 18.8 Å². The van der Waals surface area contributed by atoms with Crippen molar-refractivity contribution in [1.29, 1.82) is 0 Å². The van der Waals surface area contributed by atoms with Crippen molar-refractivity contribution in [3.63, 3.8) is 0 Å². The minimum atomic E-state index is -0.814. The Morgan fingerprint density at radius 2 is 1.66 bits per heavy atom. The molecule has 1 aliphatic heterocycles. The average Bonchev–Trinajstić information content (AvgIpc) is 3.19. The molecule has 0 saturated carbocycles. The van der Waals surface area contributed by atoms with Crippen molar-refractivity contribution in [2.24, 2.45) is 0 Å². The number of rotatable bonds is 6. The Balaban J connectivity index is 1.40. The van der Waals surface area contributed by atoms with Gasteiger partial charge in [-0.1, -0.05) is 18.2 Å². The monoisotopic (exact) mass is 510 g/mol. The topological polar surface area (TPSA) is 93.5 Å². The number of ether oxygens (including phenoxy) is 1. The number of nitrogens with one attached hydrogen (secondary N) is 1. The zero-order valence-electron chi connectivity index (χ0n) is 20.6. The van der Waals surface area contributed by atoms with Gasteiger partial charge in [0.25, 0.3) is 11.8 Å². The summed E-state index contributed by atoms with van der Waals surface area (Å²) in [5.74, 6) is -1.20. The number of aryl methyl sites for hydroxylation is 1. The molecule has 0 spiro atoms. The number of pyridine rings is 1. The van der Waals surface area contributed by atoms with Crippen LogP contribution < -0.4 is 15.0 Å². The van der Waals surface area contributed by atoms with Crippen LogP contribution in [0.25, 0.3) is 11.8 Å². The van der Waals surface area contributed by atoms with Crippen LogP contribution in [0.5, 0.6) is 5.75 Å². The Kier molecular flexibility index (Phi) is 6.57. The molecule has 0 atom stereocenters. The van der Waals surface area contributed by atoms with Gasteiger partial charge in [-0.3, -0.25) is 19.9 Å². The molecule has 2 aromatic carbocycles.